The maximum absolute atomic E-state index is 5.53. The summed E-state index contributed by atoms with van der Waals surface area (Å²) in [5.74, 6) is 0.348. The molecule has 2 heterocycles. The Hall–Kier alpha value is -0.660. The van der Waals surface area contributed by atoms with Crippen molar-refractivity contribution in [2.24, 2.45) is 0 Å². The Kier molecular flexibility index (Phi) is 4.01. The molecule has 0 aromatic carbocycles. The number of hydrogen-bond acceptors (Lipinski definition) is 4. The van der Waals surface area contributed by atoms with E-state index in [1.54, 1.807) is 0 Å². The molecule has 1 saturated heterocycles. The zero-order valence-electron chi connectivity index (χ0n) is 9.87. The molecule has 0 aliphatic carbocycles. The fraction of sp³-hybridized carbons (Fsp3) is 0.417. The van der Waals surface area contributed by atoms with Gasteiger partial charge >= 0.3 is 0 Å². The topological polar surface area (TPSA) is 43.4 Å². The SMILES string of the molecule is CC1(C)OCC(=CNc2ccc(I)cn2)CO1. The van der Waals surface area contributed by atoms with Crippen LogP contribution in [0.15, 0.2) is 30.1 Å². The highest BCUT2D eigenvalue weighted by molar-refractivity contribution is 14.1. The molecule has 92 valence electrons. The first-order chi connectivity index (χ1) is 8.05. The fourth-order valence-electron chi connectivity index (χ4n) is 1.34. The lowest BCUT2D eigenvalue weighted by Gasteiger charge is -2.31. The highest BCUT2D eigenvalue weighted by atomic mass is 127. The minimum atomic E-state index is -0.474. The van der Waals surface area contributed by atoms with Crippen LogP contribution >= 0.6 is 22.6 Å². The van der Waals surface area contributed by atoms with E-state index >= 15 is 0 Å². The summed E-state index contributed by atoms with van der Waals surface area (Å²) >= 11 is 2.23. The lowest BCUT2D eigenvalue weighted by molar-refractivity contribution is -0.225. The summed E-state index contributed by atoms with van der Waals surface area (Å²) in [6.45, 7) is 5.00. The van der Waals surface area contributed by atoms with Crippen molar-refractivity contribution in [1.29, 1.82) is 0 Å². The van der Waals surface area contributed by atoms with Gasteiger partial charge in [-0.25, -0.2) is 4.98 Å². The Labute approximate surface area is 115 Å². The number of halogens is 1. The molecule has 0 spiro atoms. The molecule has 1 aromatic rings. The molecule has 1 fully saturated rings. The molecule has 0 radical (unpaired) electrons. The summed E-state index contributed by atoms with van der Waals surface area (Å²) in [4.78, 5) is 4.25. The maximum atomic E-state index is 5.53. The average Bonchev–Trinajstić information content (AvgIpc) is 2.30. The van der Waals surface area contributed by atoms with Gasteiger partial charge in [0.15, 0.2) is 5.79 Å². The Morgan fingerprint density at radius 2 is 2.06 bits per heavy atom. The summed E-state index contributed by atoms with van der Waals surface area (Å²) in [5.41, 5.74) is 1.07. The zero-order valence-corrected chi connectivity index (χ0v) is 12.0. The summed E-state index contributed by atoms with van der Waals surface area (Å²) in [5, 5.41) is 3.13. The zero-order chi connectivity index (χ0) is 12.3. The van der Waals surface area contributed by atoms with E-state index in [1.807, 2.05) is 38.4 Å². The number of nitrogens with zero attached hydrogens (tertiary/aromatic N) is 1. The Bertz CT molecular complexity index is 403. The van der Waals surface area contributed by atoms with Crippen molar-refractivity contribution in [3.8, 4) is 0 Å². The second-order valence-corrected chi connectivity index (χ2v) is 5.53. The van der Waals surface area contributed by atoms with Crippen molar-refractivity contribution < 1.29 is 9.47 Å². The van der Waals surface area contributed by atoms with Crippen LogP contribution in [-0.4, -0.2) is 24.0 Å². The third kappa shape index (κ3) is 3.93. The predicted molar refractivity (Wildman–Crippen MR) is 74.6 cm³/mol. The van der Waals surface area contributed by atoms with Crippen LogP contribution in [-0.2, 0) is 9.47 Å². The average molecular weight is 346 g/mol. The first kappa shape index (κ1) is 12.8. The quantitative estimate of drug-likeness (QED) is 0.837. The van der Waals surface area contributed by atoms with Gasteiger partial charge in [0, 0.05) is 16.0 Å². The first-order valence-corrected chi connectivity index (χ1v) is 6.47. The summed E-state index contributed by atoms with van der Waals surface area (Å²) < 4.78 is 12.2. The third-order valence-corrected chi connectivity index (χ3v) is 3.00. The van der Waals surface area contributed by atoms with E-state index in [0.717, 1.165) is 15.0 Å². The first-order valence-electron chi connectivity index (χ1n) is 5.39. The Balaban J connectivity index is 1.91. The smallest absolute Gasteiger partial charge is 0.163 e. The third-order valence-electron chi connectivity index (χ3n) is 2.36. The maximum Gasteiger partial charge on any atom is 0.163 e. The van der Waals surface area contributed by atoms with E-state index < -0.39 is 5.79 Å². The van der Waals surface area contributed by atoms with Crippen LogP contribution in [0.5, 0.6) is 0 Å². The van der Waals surface area contributed by atoms with Crippen molar-refractivity contribution in [2.45, 2.75) is 19.6 Å². The molecular weight excluding hydrogens is 331 g/mol. The Morgan fingerprint density at radius 1 is 1.35 bits per heavy atom. The number of anilines is 1. The molecule has 1 aliphatic rings. The van der Waals surface area contributed by atoms with Crippen LogP contribution in [0.4, 0.5) is 5.82 Å². The second kappa shape index (κ2) is 5.32. The van der Waals surface area contributed by atoms with E-state index in [-0.39, 0.29) is 0 Å². The Morgan fingerprint density at radius 3 is 2.65 bits per heavy atom. The minimum Gasteiger partial charge on any atom is -0.347 e. The molecule has 1 aromatic heterocycles. The number of aromatic nitrogens is 1. The number of rotatable bonds is 2. The van der Waals surface area contributed by atoms with Gasteiger partial charge in [0.1, 0.15) is 5.82 Å². The lowest BCUT2D eigenvalue weighted by Crippen LogP contribution is -2.35. The van der Waals surface area contributed by atoms with Gasteiger partial charge in [-0.1, -0.05) is 0 Å². The summed E-state index contributed by atoms with van der Waals surface area (Å²) in [6.07, 6.45) is 3.71. The van der Waals surface area contributed by atoms with Gasteiger partial charge in [-0.15, -0.1) is 0 Å². The minimum absolute atomic E-state index is 0.474. The van der Waals surface area contributed by atoms with Crippen LogP contribution in [0.2, 0.25) is 0 Å². The van der Waals surface area contributed by atoms with Crippen molar-refractivity contribution in [2.75, 3.05) is 18.5 Å². The lowest BCUT2D eigenvalue weighted by atomic mass is 10.2. The molecule has 0 saturated carbocycles. The monoisotopic (exact) mass is 346 g/mol. The van der Waals surface area contributed by atoms with Crippen LogP contribution < -0.4 is 5.32 Å². The van der Waals surface area contributed by atoms with Gasteiger partial charge in [0.05, 0.1) is 13.2 Å². The number of ether oxygens (including phenoxy) is 2. The molecule has 5 heteroatoms. The largest absolute Gasteiger partial charge is 0.347 e. The van der Waals surface area contributed by atoms with Gasteiger partial charge in [-0.2, -0.15) is 0 Å². The van der Waals surface area contributed by atoms with Crippen LogP contribution in [0.3, 0.4) is 0 Å². The van der Waals surface area contributed by atoms with E-state index in [2.05, 4.69) is 32.9 Å². The van der Waals surface area contributed by atoms with Gasteiger partial charge in [-0.3, -0.25) is 0 Å². The number of pyridine rings is 1. The van der Waals surface area contributed by atoms with Crippen molar-refractivity contribution >= 4 is 28.4 Å². The van der Waals surface area contributed by atoms with Crippen molar-refractivity contribution in [3.63, 3.8) is 0 Å². The van der Waals surface area contributed by atoms with Gasteiger partial charge in [-0.05, 0) is 54.1 Å². The van der Waals surface area contributed by atoms with E-state index in [1.165, 1.54) is 0 Å². The molecule has 0 atom stereocenters. The van der Waals surface area contributed by atoms with Crippen LogP contribution in [0.25, 0.3) is 0 Å². The van der Waals surface area contributed by atoms with E-state index in [4.69, 9.17) is 9.47 Å². The molecule has 17 heavy (non-hydrogen) atoms. The molecule has 4 nitrogen and oxygen atoms in total. The summed E-state index contributed by atoms with van der Waals surface area (Å²) in [7, 11) is 0. The fourth-order valence-corrected chi connectivity index (χ4v) is 1.66. The second-order valence-electron chi connectivity index (χ2n) is 4.29. The predicted octanol–water partition coefficient (Wildman–Crippen LogP) is 2.76. The highest BCUT2D eigenvalue weighted by Gasteiger charge is 2.24. The van der Waals surface area contributed by atoms with Crippen LogP contribution in [0.1, 0.15) is 13.8 Å². The molecule has 0 bridgehead atoms. The highest BCUT2D eigenvalue weighted by Crippen LogP contribution is 2.19. The molecule has 0 amide bonds. The van der Waals surface area contributed by atoms with Crippen LogP contribution in [0, 0.1) is 3.57 Å². The summed E-state index contributed by atoms with van der Waals surface area (Å²) in [6, 6.07) is 3.94. The van der Waals surface area contributed by atoms with Gasteiger partial charge in [0.25, 0.3) is 0 Å². The molecule has 1 N–H and O–H groups in total. The van der Waals surface area contributed by atoms with Crippen molar-refractivity contribution in [1.82, 2.24) is 4.98 Å². The molecular formula is C12H15IN2O2. The van der Waals surface area contributed by atoms with Gasteiger partial charge < -0.3 is 14.8 Å². The molecule has 2 rings (SSSR count). The standard InChI is InChI=1S/C12H15IN2O2/c1-12(2)16-7-9(8-17-12)5-14-11-4-3-10(13)6-15-11/h3-6H,7-8H2,1-2H3,(H,14,15). The number of hydrogen-bond donors (Lipinski definition) is 1. The van der Waals surface area contributed by atoms with E-state index in [9.17, 15) is 0 Å². The van der Waals surface area contributed by atoms with Crippen molar-refractivity contribution in [3.05, 3.63) is 33.7 Å². The van der Waals surface area contributed by atoms with Gasteiger partial charge in [0.2, 0.25) is 0 Å². The molecule has 1 aliphatic heterocycles. The van der Waals surface area contributed by atoms with E-state index in [0.29, 0.717) is 13.2 Å². The molecule has 0 unspecified atom stereocenters. The number of nitrogens with one attached hydrogen (secondary N) is 1. The normalized spacial score (nSPS) is 18.9.